The van der Waals surface area contributed by atoms with Gasteiger partial charge >= 0.3 is 0 Å². The maximum atomic E-state index is 13.9. The van der Waals surface area contributed by atoms with E-state index in [1.807, 2.05) is 0 Å². The molecular formula is C15H10FNO3. The molecule has 0 bridgehead atoms. The number of rotatable bonds is 3. The molecule has 5 heteroatoms. The van der Waals surface area contributed by atoms with Crippen molar-refractivity contribution in [1.29, 1.82) is 0 Å². The third kappa shape index (κ3) is 2.03. The number of benzene rings is 2. The lowest BCUT2D eigenvalue weighted by Crippen LogP contribution is -2.04. The number of fused-ring (bicyclic) bond motifs is 1. The molecule has 0 aliphatic carbocycles. The molecule has 1 aromatic heterocycles. The van der Waals surface area contributed by atoms with E-state index in [2.05, 4.69) is 4.98 Å². The summed E-state index contributed by atoms with van der Waals surface area (Å²) in [6, 6.07) is 11.0. The molecule has 4 nitrogen and oxygen atoms in total. The number of methoxy groups -OCH3 is 1. The Balaban J connectivity index is 2.03. The Morgan fingerprint density at radius 2 is 2.05 bits per heavy atom. The Morgan fingerprint density at radius 1 is 1.25 bits per heavy atom. The molecule has 3 rings (SSSR count). The van der Waals surface area contributed by atoms with E-state index < -0.39 is 11.6 Å². The van der Waals surface area contributed by atoms with Crippen molar-refractivity contribution in [3.8, 4) is 5.75 Å². The highest BCUT2D eigenvalue weighted by atomic mass is 19.1. The number of carbonyl (C=O) groups is 1. The molecule has 0 aliphatic heterocycles. The molecule has 0 fully saturated rings. The van der Waals surface area contributed by atoms with Crippen molar-refractivity contribution in [3.63, 3.8) is 0 Å². The summed E-state index contributed by atoms with van der Waals surface area (Å²) < 4.78 is 24.1. The zero-order valence-electron chi connectivity index (χ0n) is 10.6. The number of carbonyl (C=O) groups excluding carboxylic acids is 1. The number of hydrogen-bond donors (Lipinski definition) is 0. The second-order valence-corrected chi connectivity index (χ2v) is 4.16. The summed E-state index contributed by atoms with van der Waals surface area (Å²) in [4.78, 5) is 16.3. The average molecular weight is 271 g/mol. The molecule has 1 heterocycles. The first kappa shape index (κ1) is 12.3. The maximum Gasteiger partial charge on any atom is 0.269 e. The SMILES string of the molecule is COc1ccc(C(=O)c2nc3ccccc3o2)c(F)c1. The lowest BCUT2D eigenvalue weighted by atomic mass is 10.1. The molecule has 3 aromatic rings. The van der Waals surface area contributed by atoms with Gasteiger partial charge in [0.2, 0.25) is 0 Å². The summed E-state index contributed by atoms with van der Waals surface area (Å²) in [5.74, 6) is -1.05. The Kier molecular flexibility index (Phi) is 2.95. The number of ether oxygens (including phenoxy) is 1. The maximum absolute atomic E-state index is 13.9. The molecule has 0 radical (unpaired) electrons. The second-order valence-electron chi connectivity index (χ2n) is 4.16. The van der Waals surface area contributed by atoms with E-state index in [-0.39, 0.29) is 11.5 Å². The van der Waals surface area contributed by atoms with Crippen molar-refractivity contribution in [2.24, 2.45) is 0 Å². The van der Waals surface area contributed by atoms with Crippen molar-refractivity contribution >= 4 is 16.9 Å². The second kappa shape index (κ2) is 4.77. The van der Waals surface area contributed by atoms with Gasteiger partial charge in [0.05, 0.1) is 12.7 Å². The molecule has 100 valence electrons. The van der Waals surface area contributed by atoms with Crippen molar-refractivity contribution < 1.29 is 18.3 Å². The highest BCUT2D eigenvalue weighted by molar-refractivity contribution is 6.07. The number of nitrogens with zero attached hydrogens (tertiary/aromatic N) is 1. The van der Waals surface area contributed by atoms with E-state index in [9.17, 15) is 9.18 Å². The zero-order chi connectivity index (χ0) is 14.1. The van der Waals surface area contributed by atoms with Crippen LogP contribution in [0.5, 0.6) is 5.75 Å². The van der Waals surface area contributed by atoms with E-state index in [1.165, 1.54) is 19.2 Å². The number of oxazole rings is 1. The van der Waals surface area contributed by atoms with Gasteiger partial charge in [-0.15, -0.1) is 0 Å². The Labute approximate surface area is 113 Å². The topological polar surface area (TPSA) is 52.3 Å². The Hall–Kier alpha value is -2.69. The first-order valence-electron chi connectivity index (χ1n) is 5.93. The first-order chi connectivity index (χ1) is 9.69. The summed E-state index contributed by atoms with van der Waals surface area (Å²) in [5.41, 5.74) is 0.951. The summed E-state index contributed by atoms with van der Waals surface area (Å²) >= 11 is 0. The zero-order valence-corrected chi connectivity index (χ0v) is 10.6. The third-order valence-electron chi connectivity index (χ3n) is 2.91. The predicted octanol–water partition coefficient (Wildman–Crippen LogP) is 3.21. The van der Waals surface area contributed by atoms with E-state index in [0.29, 0.717) is 16.8 Å². The van der Waals surface area contributed by atoms with E-state index in [4.69, 9.17) is 9.15 Å². The van der Waals surface area contributed by atoms with Crippen LogP contribution in [-0.4, -0.2) is 17.9 Å². The molecule has 0 amide bonds. The number of aromatic nitrogens is 1. The normalized spacial score (nSPS) is 10.7. The van der Waals surface area contributed by atoms with E-state index in [0.717, 1.165) is 6.07 Å². The third-order valence-corrected chi connectivity index (χ3v) is 2.91. The van der Waals surface area contributed by atoms with Gasteiger partial charge in [0.15, 0.2) is 5.58 Å². The summed E-state index contributed by atoms with van der Waals surface area (Å²) in [6.07, 6.45) is 0. The van der Waals surface area contributed by atoms with E-state index >= 15 is 0 Å². The molecule has 0 N–H and O–H groups in total. The minimum absolute atomic E-state index is 0.0997. The Bertz CT molecular complexity index is 762. The number of halogens is 1. The van der Waals surface area contributed by atoms with Gasteiger partial charge in [-0.1, -0.05) is 12.1 Å². The molecule has 2 aromatic carbocycles. The van der Waals surface area contributed by atoms with Crippen LogP contribution in [0, 0.1) is 5.82 Å². The first-order valence-corrected chi connectivity index (χ1v) is 5.93. The van der Waals surface area contributed by atoms with Crippen LogP contribution in [0.4, 0.5) is 4.39 Å². The van der Waals surface area contributed by atoms with Crippen molar-refractivity contribution in [3.05, 3.63) is 59.7 Å². The van der Waals surface area contributed by atoms with Crippen LogP contribution < -0.4 is 4.74 Å². The van der Waals surface area contributed by atoms with Crippen LogP contribution in [-0.2, 0) is 0 Å². The van der Waals surface area contributed by atoms with Gasteiger partial charge in [0.25, 0.3) is 11.7 Å². The summed E-state index contributed by atoms with van der Waals surface area (Å²) in [7, 11) is 1.43. The lowest BCUT2D eigenvalue weighted by Gasteiger charge is -2.02. The fourth-order valence-corrected chi connectivity index (χ4v) is 1.89. The van der Waals surface area contributed by atoms with Crippen LogP contribution in [0.25, 0.3) is 11.1 Å². The van der Waals surface area contributed by atoms with Gasteiger partial charge in [0, 0.05) is 6.07 Å². The van der Waals surface area contributed by atoms with Crippen molar-refractivity contribution in [2.75, 3.05) is 7.11 Å². The van der Waals surface area contributed by atoms with Gasteiger partial charge in [-0.2, -0.15) is 0 Å². The molecule has 0 atom stereocenters. The quantitative estimate of drug-likeness (QED) is 0.686. The van der Waals surface area contributed by atoms with Gasteiger partial charge in [-0.3, -0.25) is 4.79 Å². The fraction of sp³-hybridized carbons (Fsp3) is 0.0667. The minimum Gasteiger partial charge on any atom is -0.497 e. The van der Waals surface area contributed by atoms with Crippen LogP contribution >= 0.6 is 0 Å². The average Bonchev–Trinajstić information content (AvgIpc) is 2.90. The smallest absolute Gasteiger partial charge is 0.269 e. The largest absolute Gasteiger partial charge is 0.497 e. The predicted molar refractivity (Wildman–Crippen MR) is 70.4 cm³/mol. The van der Waals surface area contributed by atoms with Crippen molar-refractivity contribution in [2.45, 2.75) is 0 Å². The molecule has 0 aliphatic rings. The molecule has 0 saturated heterocycles. The molecule has 0 unspecified atom stereocenters. The van der Waals surface area contributed by atoms with Crippen LogP contribution in [0.15, 0.2) is 46.9 Å². The van der Waals surface area contributed by atoms with Gasteiger partial charge in [0.1, 0.15) is 17.1 Å². The lowest BCUT2D eigenvalue weighted by molar-refractivity contribution is 0.100. The fourth-order valence-electron chi connectivity index (χ4n) is 1.89. The highest BCUT2D eigenvalue weighted by Gasteiger charge is 2.20. The number of ketones is 1. The highest BCUT2D eigenvalue weighted by Crippen LogP contribution is 2.21. The van der Waals surface area contributed by atoms with Crippen LogP contribution in [0.2, 0.25) is 0 Å². The van der Waals surface area contributed by atoms with Crippen molar-refractivity contribution in [1.82, 2.24) is 4.98 Å². The molecule has 20 heavy (non-hydrogen) atoms. The van der Waals surface area contributed by atoms with Gasteiger partial charge < -0.3 is 9.15 Å². The van der Waals surface area contributed by atoms with Gasteiger partial charge in [-0.25, -0.2) is 9.37 Å². The van der Waals surface area contributed by atoms with Crippen LogP contribution in [0.3, 0.4) is 0 Å². The molecule has 0 spiro atoms. The Morgan fingerprint density at radius 3 is 2.75 bits per heavy atom. The van der Waals surface area contributed by atoms with E-state index in [1.54, 1.807) is 24.3 Å². The number of para-hydroxylation sites is 2. The number of hydrogen-bond acceptors (Lipinski definition) is 4. The molecular weight excluding hydrogens is 261 g/mol. The summed E-state index contributed by atoms with van der Waals surface area (Å²) in [5, 5.41) is 0. The van der Waals surface area contributed by atoms with Gasteiger partial charge in [-0.05, 0) is 24.3 Å². The standard InChI is InChI=1S/C15H10FNO3/c1-19-9-6-7-10(11(16)8-9)14(18)15-17-12-4-2-3-5-13(12)20-15/h2-8H,1H3. The monoisotopic (exact) mass is 271 g/mol. The minimum atomic E-state index is -0.670. The summed E-state index contributed by atoms with van der Waals surface area (Å²) in [6.45, 7) is 0. The molecule has 0 saturated carbocycles. The van der Waals surface area contributed by atoms with Crippen LogP contribution in [0.1, 0.15) is 16.2 Å².